The van der Waals surface area contributed by atoms with Crippen molar-refractivity contribution in [3.05, 3.63) is 29.3 Å². The maximum atomic E-state index is 12.9. The van der Waals surface area contributed by atoms with Gasteiger partial charge >= 0.3 is 0 Å². The van der Waals surface area contributed by atoms with Crippen LogP contribution in [0.15, 0.2) is 29.2 Å². The zero-order chi connectivity index (χ0) is 23.9. The Labute approximate surface area is 192 Å². The van der Waals surface area contributed by atoms with Gasteiger partial charge in [-0.3, -0.25) is 14.8 Å². The van der Waals surface area contributed by atoms with E-state index in [1.54, 1.807) is 0 Å². The summed E-state index contributed by atoms with van der Waals surface area (Å²) in [5, 5.41) is 9.34. The summed E-state index contributed by atoms with van der Waals surface area (Å²) in [6.45, 7) is 3.09. The number of hydrogen-bond acceptors (Lipinski definition) is 7. The first kappa shape index (κ1) is 25.1. The number of carbonyl (C=O) groups excluding carboxylic acids is 2. The summed E-state index contributed by atoms with van der Waals surface area (Å²) in [6.07, 6.45) is 1.50. The summed E-state index contributed by atoms with van der Waals surface area (Å²) in [5.41, 5.74) is -0.237. The molecule has 32 heavy (non-hydrogen) atoms. The second-order valence-electron chi connectivity index (χ2n) is 8.88. The standard InChI is InChI=1S/C19H26ClN3O7S2/c1-18(2)12-7-8-19(18,16(24)9-12)11-31(27,28)23-15(17(25)22-26)10-21-32(29,30)14-5-3-13(20)4-6-14/h3-6,12,15,21,23,26H,7-11H2,1-2H3,(H,22,25). The highest BCUT2D eigenvalue weighted by Gasteiger charge is 2.65. The van der Waals surface area contributed by atoms with E-state index in [-0.39, 0.29) is 16.6 Å². The largest absolute Gasteiger partial charge is 0.299 e. The molecular weight excluding hydrogens is 482 g/mol. The number of fused-ring (bicyclic) bond motifs is 2. The lowest BCUT2D eigenvalue weighted by Gasteiger charge is -2.36. The van der Waals surface area contributed by atoms with Crippen LogP contribution in [-0.2, 0) is 29.6 Å². The van der Waals surface area contributed by atoms with Gasteiger partial charge < -0.3 is 0 Å². The maximum Gasteiger partial charge on any atom is 0.262 e. The zero-order valence-electron chi connectivity index (χ0n) is 17.6. The van der Waals surface area contributed by atoms with Crippen LogP contribution in [0.3, 0.4) is 0 Å². The Morgan fingerprint density at radius 1 is 1.22 bits per heavy atom. The maximum absolute atomic E-state index is 12.9. The van der Waals surface area contributed by atoms with Crippen molar-refractivity contribution in [2.45, 2.75) is 44.0 Å². The van der Waals surface area contributed by atoms with E-state index >= 15 is 0 Å². The molecule has 2 aliphatic carbocycles. The fourth-order valence-corrected chi connectivity index (χ4v) is 8.05. The van der Waals surface area contributed by atoms with E-state index in [1.807, 2.05) is 13.8 Å². The number of rotatable bonds is 9. The van der Waals surface area contributed by atoms with Crippen LogP contribution in [-0.4, -0.2) is 52.1 Å². The van der Waals surface area contributed by atoms with Crippen LogP contribution in [0, 0.1) is 16.7 Å². The van der Waals surface area contributed by atoms with E-state index < -0.39 is 55.1 Å². The molecule has 10 nitrogen and oxygen atoms in total. The minimum absolute atomic E-state index is 0.105. The second kappa shape index (κ2) is 8.65. The number of carbonyl (C=O) groups is 2. The van der Waals surface area contributed by atoms with Gasteiger partial charge in [-0.2, -0.15) is 0 Å². The molecule has 1 amide bonds. The molecule has 2 fully saturated rings. The van der Waals surface area contributed by atoms with Crippen molar-refractivity contribution < 1.29 is 31.6 Å². The molecule has 0 saturated heterocycles. The summed E-state index contributed by atoms with van der Waals surface area (Å²) in [5.74, 6) is -1.67. The number of halogens is 1. The Bertz CT molecular complexity index is 1120. The van der Waals surface area contributed by atoms with Crippen molar-refractivity contribution in [3.8, 4) is 0 Å². The summed E-state index contributed by atoms with van der Waals surface area (Å²) in [4.78, 5) is 24.6. The SMILES string of the molecule is CC1(C)C2CCC1(CS(=O)(=O)NC(CNS(=O)(=O)c1ccc(Cl)cc1)C(=O)NO)C(=O)C2. The molecule has 0 aliphatic heterocycles. The first-order valence-electron chi connectivity index (χ1n) is 9.96. The summed E-state index contributed by atoms with van der Waals surface area (Å²) in [6, 6.07) is 3.59. The van der Waals surface area contributed by atoms with Gasteiger partial charge in [-0.15, -0.1) is 0 Å². The number of nitrogens with one attached hydrogen (secondary N) is 3. The molecule has 2 aliphatic rings. The molecule has 3 unspecified atom stereocenters. The summed E-state index contributed by atoms with van der Waals surface area (Å²) >= 11 is 5.75. The number of benzene rings is 1. The van der Waals surface area contributed by atoms with Gasteiger partial charge in [0.25, 0.3) is 5.91 Å². The van der Waals surface area contributed by atoms with Crippen LogP contribution in [0.25, 0.3) is 0 Å². The Balaban J connectivity index is 1.76. The van der Waals surface area contributed by atoms with Crippen LogP contribution in [0.1, 0.15) is 33.1 Å². The Hall–Kier alpha value is -1.57. The predicted octanol–water partition coefficient (Wildman–Crippen LogP) is 0.807. The lowest BCUT2D eigenvalue weighted by atomic mass is 9.70. The van der Waals surface area contributed by atoms with E-state index in [4.69, 9.17) is 16.8 Å². The van der Waals surface area contributed by atoms with Gasteiger partial charge in [-0.25, -0.2) is 31.8 Å². The van der Waals surface area contributed by atoms with E-state index in [1.165, 1.54) is 29.7 Å². The molecule has 3 rings (SSSR count). The van der Waals surface area contributed by atoms with Crippen molar-refractivity contribution in [1.82, 2.24) is 14.9 Å². The molecule has 1 aromatic rings. The van der Waals surface area contributed by atoms with Crippen LogP contribution in [0.2, 0.25) is 5.02 Å². The van der Waals surface area contributed by atoms with E-state index in [2.05, 4.69) is 9.44 Å². The van der Waals surface area contributed by atoms with Crippen molar-refractivity contribution >= 4 is 43.3 Å². The molecule has 0 aromatic heterocycles. The number of hydrogen-bond donors (Lipinski definition) is 4. The zero-order valence-corrected chi connectivity index (χ0v) is 20.0. The summed E-state index contributed by atoms with van der Waals surface area (Å²) < 4.78 is 55.1. The molecule has 0 spiro atoms. The molecular formula is C19H26ClN3O7S2. The van der Waals surface area contributed by atoms with E-state index in [0.717, 1.165) is 6.42 Å². The fourth-order valence-electron chi connectivity index (χ4n) is 4.85. The van der Waals surface area contributed by atoms with Gasteiger partial charge in [0.2, 0.25) is 20.0 Å². The van der Waals surface area contributed by atoms with Crippen molar-refractivity contribution in [3.63, 3.8) is 0 Å². The van der Waals surface area contributed by atoms with Gasteiger partial charge in [-0.05, 0) is 48.4 Å². The smallest absolute Gasteiger partial charge is 0.262 e. The van der Waals surface area contributed by atoms with Gasteiger partial charge in [0, 0.05) is 23.4 Å². The predicted molar refractivity (Wildman–Crippen MR) is 116 cm³/mol. The third kappa shape index (κ3) is 4.57. The number of Topliss-reactive ketones (excluding diaryl/α,β-unsaturated/α-hetero) is 1. The quantitative estimate of drug-likeness (QED) is 0.284. The first-order chi connectivity index (χ1) is 14.7. The van der Waals surface area contributed by atoms with Crippen LogP contribution in [0.5, 0.6) is 0 Å². The molecule has 0 radical (unpaired) electrons. The third-order valence-corrected chi connectivity index (χ3v) is 10.1. The first-order valence-corrected chi connectivity index (χ1v) is 13.5. The molecule has 2 saturated carbocycles. The average Bonchev–Trinajstić information content (AvgIpc) is 3.04. The second-order valence-corrected chi connectivity index (χ2v) is 12.8. The molecule has 178 valence electrons. The molecule has 4 N–H and O–H groups in total. The normalized spacial score (nSPS) is 25.6. The van der Waals surface area contributed by atoms with Gasteiger partial charge in [0.15, 0.2) is 0 Å². The molecule has 3 atom stereocenters. The topological polar surface area (TPSA) is 159 Å². The fraction of sp³-hybridized carbons (Fsp3) is 0.579. The lowest BCUT2D eigenvalue weighted by molar-refractivity contribution is -0.130. The highest BCUT2D eigenvalue weighted by molar-refractivity contribution is 7.90. The number of ketones is 1. The Morgan fingerprint density at radius 3 is 2.34 bits per heavy atom. The van der Waals surface area contributed by atoms with Crippen LogP contribution < -0.4 is 14.9 Å². The van der Waals surface area contributed by atoms with Crippen molar-refractivity contribution in [2.24, 2.45) is 16.7 Å². The Morgan fingerprint density at radius 2 is 1.84 bits per heavy atom. The van der Waals surface area contributed by atoms with Gasteiger partial charge in [-0.1, -0.05) is 25.4 Å². The average molecular weight is 508 g/mol. The van der Waals surface area contributed by atoms with Crippen LogP contribution in [0.4, 0.5) is 0 Å². The third-order valence-electron chi connectivity index (χ3n) is 6.93. The monoisotopic (exact) mass is 507 g/mol. The van der Waals surface area contributed by atoms with Gasteiger partial charge in [0.05, 0.1) is 10.6 Å². The van der Waals surface area contributed by atoms with Crippen LogP contribution >= 0.6 is 11.6 Å². The molecule has 2 bridgehead atoms. The highest BCUT2D eigenvalue weighted by Crippen LogP contribution is 2.64. The highest BCUT2D eigenvalue weighted by atomic mass is 35.5. The van der Waals surface area contributed by atoms with Crippen molar-refractivity contribution in [1.29, 1.82) is 0 Å². The molecule has 13 heteroatoms. The van der Waals surface area contributed by atoms with Crippen molar-refractivity contribution in [2.75, 3.05) is 12.3 Å². The van der Waals surface area contributed by atoms with E-state index in [9.17, 15) is 26.4 Å². The minimum atomic E-state index is -4.20. The summed E-state index contributed by atoms with van der Waals surface area (Å²) in [7, 11) is -8.29. The Kier molecular flexibility index (Phi) is 6.78. The minimum Gasteiger partial charge on any atom is -0.299 e. The number of hydroxylamine groups is 1. The molecule has 1 aromatic carbocycles. The lowest BCUT2D eigenvalue weighted by Crippen LogP contribution is -2.54. The molecule has 0 heterocycles. The number of amides is 1. The number of sulfonamides is 2. The van der Waals surface area contributed by atoms with E-state index in [0.29, 0.717) is 17.9 Å². The van der Waals surface area contributed by atoms with Gasteiger partial charge in [0.1, 0.15) is 11.8 Å².